The van der Waals surface area contributed by atoms with Gasteiger partial charge in [0.2, 0.25) is 6.10 Å². The highest BCUT2D eigenvalue weighted by Gasteiger charge is 2.44. The Labute approximate surface area is 114 Å². The molecule has 10 heteroatoms. The van der Waals surface area contributed by atoms with E-state index in [-0.39, 0.29) is 17.6 Å². The van der Waals surface area contributed by atoms with Gasteiger partial charge >= 0.3 is 6.18 Å². The van der Waals surface area contributed by atoms with Crippen LogP contribution in [0.1, 0.15) is 5.56 Å². The Morgan fingerprint density at radius 1 is 1.35 bits per heavy atom. The second-order valence-electron chi connectivity index (χ2n) is 3.85. The van der Waals surface area contributed by atoms with Gasteiger partial charge in [0.25, 0.3) is 10.1 Å². The van der Waals surface area contributed by atoms with Crippen LogP contribution in [0.3, 0.4) is 0 Å². The molecule has 0 aliphatic heterocycles. The van der Waals surface area contributed by atoms with Crippen LogP contribution in [-0.2, 0) is 16.4 Å². The Morgan fingerprint density at radius 2 is 1.95 bits per heavy atom. The molecule has 0 fully saturated rings. The van der Waals surface area contributed by atoms with Crippen LogP contribution in [0.2, 0.25) is 0 Å². The molecule has 1 aromatic rings. The number of rotatable bonds is 5. The van der Waals surface area contributed by atoms with E-state index in [9.17, 15) is 26.7 Å². The largest absolute Gasteiger partial charge is 0.508 e. The lowest BCUT2D eigenvalue weighted by Gasteiger charge is -2.22. The minimum atomic E-state index is -5.02. The Kier molecular flexibility index (Phi) is 4.92. The van der Waals surface area contributed by atoms with Crippen molar-refractivity contribution >= 4 is 18.0 Å². The van der Waals surface area contributed by atoms with Crippen molar-refractivity contribution < 1.29 is 36.0 Å². The van der Waals surface area contributed by atoms with Gasteiger partial charge in [-0.3, -0.25) is 4.55 Å². The third kappa shape index (κ3) is 4.60. The summed E-state index contributed by atoms with van der Waals surface area (Å²) in [6, 6.07) is 3.51. The van der Waals surface area contributed by atoms with Gasteiger partial charge in [-0.2, -0.15) is 21.6 Å². The summed E-state index contributed by atoms with van der Waals surface area (Å²) < 4.78 is 72.3. The van der Waals surface area contributed by atoms with Crippen molar-refractivity contribution in [1.29, 1.82) is 0 Å². The molecule has 110 valence electrons. The Balaban J connectivity index is 3.11. The van der Waals surface area contributed by atoms with E-state index < -0.39 is 33.9 Å². The SMILES string of the molecule is [B]Cc1c(O)cccc1OC(CS(=O)(=O)O)C(F)(F)F. The highest BCUT2D eigenvalue weighted by Crippen LogP contribution is 2.32. The lowest BCUT2D eigenvalue weighted by atomic mass is 9.95. The van der Waals surface area contributed by atoms with E-state index in [0.29, 0.717) is 0 Å². The van der Waals surface area contributed by atoms with Crippen LogP contribution >= 0.6 is 0 Å². The number of aromatic hydroxyl groups is 1. The maximum absolute atomic E-state index is 12.7. The Morgan fingerprint density at radius 3 is 2.40 bits per heavy atom. The summed E-state index contributed by atoms with van der Waals surface area (Å²) in [6.07, 6.45) is -8.10. The van der Waals surface area contributed by atoms with Crippen molar-refractivity contribution in [3.8, 4) is 11.5 Å². The Bertz CT molecular complexity index is 573. The van der Waals surface area contributed by atoms with Crippen molar-refractivity contribution in [2.75, 3.05) is 5.75 Å². The average molecular weight is 310 g/mol. The van der Waals surface area contributed by atoms with Crippen LogP contribution in [0.4, 0.5) is 13.2 Å². The molecule has 1 aromatic carbocycles. The molecule has 5 nitrogen and oxygen atoms in total. The minimum absolute atomic E-state index is 0.0999. The molecule has 2 N–H and O–H groups in total. The standard InChI is InChI=1S/C10H10BF3O5S/c11-4-6-7(15)2-1-3-8(6)19-9(10(12,13)14)5-20(16,17)18/h1-3,9,15H,4-5H2,(H,16,17,18). The molecule has 0 aliphatic rings. The summed E-state index contributed by atoms with van der Waals surface area (Å²) in [5, 5.41) is 9.43. The third-order valence-corrected chi connectivity index (χ3v) is 3.03. The van der Waals surface area contributed by atoms with Gasteiger partial charge in [0.05, 0.1) is 7.85 Å². The van der Waals surface area contributed by atoms with Crippen LogP contribution in [-0.4, -0.2) is 44.0 Å². The number of hydrogen-bond acceptors (Lipinski definition) is 4. The van der Waals surface area contributed by atoms with E-state index in [1.165, 1.54) is 12.1 Å². The average Bonchev–Trinajstić information content (AvgIpc) is 2.25. The van der Waals surface area contributed by atoms with E-state index in [4.69, 9.17) is 12.4 Å². The number of alkyl halides is 3. The van der Waals surface area contributed by atoms with Crippen molar-refractivity contribution in [3.05, 3.63) is 23.8 Å². The molecule has 2 radical (unpaired) electrons. The zero-order chi connectivity index (χ0) is 15.6. The smallest absolute Gasteiger partial charge is 0.426 e. The molecular weight excluding hydrogens is 300 g/mol. The van der Waals surface area contributed by atoms with Gasteiger partial charge in [0.15, 0.2) is 0 Å². The summed E-state index contributed by atoms with van der Waals surface area (Å²) in [5.74, 6) is -2.44. The first kappa shape index (κ1) is 16.6. The van der Waals surface area contributed by atoms with Crippen molar-refractivity contribution in [3.63, 3.8) is 0 Å². The van der Waals surface area contributed by atoms with Crippen LogP contribution in [0.15, 0.2) is 18.2 Å². The topological polar surface area (TPSA) is 83.8 Å². The molecule has 0 heterocycles. The lowest BCUT2D eigenvalue weighted by molar-refractivity contribution is -0.188. The number of phenolic OH excluding ortho intramolecular Hbond substituents is 1. The van der Waals surface area contributed by atoms with E-state index >= 15 is 0 Å². The molecule has 1 rings (SSSR count). The molecule has 1 atom stereocenters. The highest BCUT2D eigenvalue weighted by molar-refractivity contribution is 7.85. The number of phenols is 1. The first-order valence-corrected chi connectivity index (χ1v) is 6.85. The van der Waals surface area contributed by atoms with Crippen LogP contribution in [0.5, 0.6) is 11.5 Å². The van der Waals surface area contributed by atoms with Crippen LogP contribution < -0.4 is 4.74 Å². The van der Waals surface area contributed by atoms with Crippen LogP contribution in [0.25, 0.3) is 0 Å². The van der Waals surface area contributed by atoms with E-state index in [2.05, 4.69) is 4.74 Å². The normalized spacial score (nSPS) is 14.0. The van der Waals surface area contributed by atoms with Crippen LogP contribution in [0, 0.1) is 0 Å². The predicted octanol–water partition coefficient (Wildman–Crippen LogP) is 1.26. The zero-order valence-corrected chi connectivity index (χ0v) is 10.8. The van der Waals surface area contributed by atoms with Crippen molar-refractivity contribution in [1.82, 2.24) is 0 Å². The Hall–Kier alpha value is -1.42. The first-order valence-electron chi connectivity index (χ1n) is 5.24. The van der Waals surface area contributed by atoms with Gasteiger partial charge < -0.3 is 9.84 Å². The summed E-state index contributed by atoms with van der Waals surface area (Å²) in [5.41, 5.74) is -0.0999. The predicted molar refractivity (Wildman–Crippen MR) is 64.5 cm³/mol. The molecule has 0 saturated carbocycles. The van der Waals surface area contributed by atoms with Gasteiger partial charge in [0.1, 0.15) is 17.3 Å². The summed E-state index contributed by atoms with van der Waals surface area (Å²) >= 11 is 0. The molecule has 0 amide bonds. The molecular formula is C10H10BF3O5S. The van der Waals surface area contributed by atoms with E-state index in [1.54, 1.807) is 0 Å². The van der Waals surface area contributed by atoms with Crippen molar-refractivity contribution in [2.24, 2.45) is 0 Å². The summed E-state index contributed by atoms with van der Waals surface area (Å²) in [4.78, 5) is 0. The molecule has 0 aromatic heterocycles. The van der Waals surface area contributed by atoms with E-state index in [1.807, 2.05) is 0 Å². The maximum Gasteiger partial charge on any atom is 0.426 e. The lowest BCUT2D eigenvalue weighted by Crippen LogP contribution is -2.40. The summed E-state index contributed by atoms with van der Waals surface area (Å²) in [6.45, 7) is 0. The minimum Gasteiger partial charge on any atom is -0.508 e. The summed E-state index contributed by atoms with van der Waals surface area (Å²) in [7, 11) is 0.380. The number of hydrogen-bond donors (Lipinski definition) is 2. The quantitative estimate of drug-likeness (QED) is 0.632. The maximum atomic E-state index is 12.7. The molecule has 0 spiro atoms. The number of benzene rings is 1. The van der Waals surface area contributed by atoms with Gasteiger partial charge in [-0.05, 0) is 12.1 Å². The molecule has 0 aliphatic carbocycles. The molecule has 0 bridgehead atoms. The molecule has 1 unspecified atom stereocenters. The van der Waals surface area contributed by atoms with Gasteiger partial charge in [-0.1, -0.05) is 12.4 Å². The van der Waals surface area contributed by atoms with Gasteiger partial charge in [-0.25, -0.2) is 0 Å². The van der Waals surface area contributed by atoms with E-state index in [0.717, 1.165) is 6.07 Å². The fourth-order valence-electron chi connectivity index (χ4n) is 1.41. The second kappa shape index (κ2) is 5.92. The fraction of sp³-hybridized carbons (Fsp3) is 0.400. The monoisotopic (exact) mass is 310 g/mol. The number of halogens is 3. The van der Waals surface area contributed by atoms with Gasteiger partial charge in [0, 0.05) is 5.56 Å². The number of ether oxygens (including phenoxy) is 1. The first-order chi connectivity index (χ1) is 9.04. The fourth-order valence-corrected chi connectivity index (χ4v) is 2.05. The second-order valence-corrected chi connectivity index (χ2v) is 5.35. The zero-order valence-electron chi connectivity index (χ0n) is 9.96. The molecule has 20 heavy (non-hydrogen) atoms. The van der Waals surface area contributed by atoms with Crippen molar-refractivity contribution in [2.45, 2.75) is 18.6 Å². The highest BCUT2D eigenvalue weighted by atomic mass is 32.2. The van der Waals surface area contributed by atoms with Gasteiger partial charge in [-0.15, -0.1) is 0 Å². The molecule has 0 saturated heterocycles. The third-order valence-electron chi connectivity index (χ3n) is 2.31.